The lowest BCUT2D eigenvalue weighted by Gasteiger charge is -2.30. The van der Waals surface area contributed by atoms with Crippen LogP contribution in [0.1, 0.15) is 81.1 Å². The van der Waals surface area contributed by atoms with Crippen LogP contribution in [0.3, 0.4) is 0 Å². The molecule has 0 saturated heterocycles. The summed E-state index contributed by atoms with van der Waals surface area (Å²) in [6.45, 7) is 10.8. The smallest absolute Gasteiger partial charge is 0.328 e. The minimum Gasteiger partial charge on any atom is -0.480 e. The van der Waals surface area contributed by atoms with Crippen molar-refractivity contribution in [1.82, 2.24) is 37.2 Å². The Balaban J connectivity index is 6.23. The summed E-state index contributed by atoms with van der Waals surface area (Å²) in [5.74, 6) is -9.44. The molecule has 0 aliphatic carbocycles. The van der Waals surface area contributed by atoms with Crippen molar-refractivity contribution in [3.8, 4) is 0 Å². The number of hydrogen-bond donors (Lipinski definition) is 15. The lowest BCUT2D eigenvalue weighted by molar-refractivity contribution is -0.144. The van der Waals surface area contributed by atoms with Crippen molar-refractivity contribution >= 4 is 53.3 Å². The lowest BCUT2D eigenvalue weighted by Crippen LogP contribution is -2.62. The van der Waals surface area contributed by atoms with Gasteiger partial charge in [-0.1, -0.05) is 48.0 Å². The van der Waals surface area contributed by atoms with Gasteiger partial charge < -0.3 is 80.0 Å². The molecule has 0 unspecified atom stereocenters. The van der Waals surface area contributed by atoms with Crippen molar-refractivity contribution in [2.45, 2.75) is 142 Å². The summed E-state index contributed by atoms with van der Waals surface area (Å²) in [6.07, 6.45) is -3.74. The zero-order valence-corrected chi connectivity index (χ0v) is 36.1. The number of nitrogens with two attached hydrogens (primary N) is 3. The lowest BCUT2D eigenvalue weighted by atomic mass is 9.96. The summed E-state index contributed by atoms with van der Waals surface area (Å²) in [7, 11) is 0. The second kappa shape index (κ2) is 27.6. The molecule has 0 radical (unpaired) electrons. The molecule has 0 spiro atoms. The predicted molar refractivity (Wildman–Crippen MR) is 220 cm³/mol. The molecule has 0 aromatic carbocycles. The van der Waals surface area contributed by atoms with Crippen molar-refractivity contribution in [2.75, 3.05) is 19.7 Å². The first-order chi connectivity index (χ1) is 28.3. The van der Waals surface area contributed by atoms with E-state index in [0.717, 1.165) is 6.92 Å². The third kappa shape index (κ3) is 20.3. The van der Waals surface area contributed by atoms with Gasteiger partial charge in [-0.25, -0.2) is 4.79 Å². The molecule has 7 amide bonds. The van der Waals surface area contributed by atoms with Gasteiger partial charge in [-0.05, 0) is 50.9 Å². The third-order valence-corrected chi connectivity index (χ3v) is 9.43. The molecule has 350 valence electrons. The molecule has 61 heavy (non-hydrogen) atoms. The highest BCUT2D eigenvalue weighted by Gasteiger charge is 2.36. The Morgan fingerprint density at radius 1 is 0.639 bits per heavy atom. The van der Waals surface area contributed by atoms with E-state index in [2.05, 4.69) is 36.9 Å². The number of aliphatic carboxylic acids is 1. The van der Waals surface area contributed by atoms with Crippen LogP contribution >= 0.6 is 0 Å². The molecular formula is C37H69N11O13. The summed E-state index contributed by atoms with van der Waals surface area (Å²) < 4.78 is 0. The van der Waals surface area contributed by atoms with Crippen LogP contribution in [0, 0.1) is 17.8 Å². The molecule has 0 saturated carbocycles. The average molecular weight is 876 g/mol. The zero-order valence-electron chi connectivity index (χ0n) is 36.1. The predicted octanol–water partition coefficient (Wildman–Crippen LogP) is -5.66. The molecule has 0 aliphatic rings. The number of carboxylic acid groups (broad SMARTS) is 1. The fourth-order valence-electron chi connectivity index (χ4n) is 5.54. The third-order valence-electron chi connectivity index (χ3n) is 9.43. The first-order valence-corrected chi connectivity index (χ1v) is 20.1. The Labute approximate surface area is 355 Å². The van der Waals surface area contributed by atoms with Crippen LogP contribution in [0.4, 0.5) is 0 Å². The molecule has 0 aromatic heterocycles. The average Bonchev–Trinajstić information content (AvgIpc) is 3.17. The Morgan fingerprint density at radius 3 is 1.61 bits per heavy atom. The van der Waals surface area contributed by atoms with Crippen LogP contribution in [-0.2, 0) is 38.4 Å². The van der Waals surface area contributed by atoms with Gasteiger partial charge >= 0.3 is 5.97 Å². The Bertz CT molecular complexity index is 1510. The van der Waals surface area contributed by atoms with Crippen molar-refractivity contribution in [3.05, 3.63) is 0 Å². The topological polar surface area (TPSA) is 412 Å². The van der Waals surface area contributed by atoms with Gasteiger partial charge in [0.2, 0.25) is 41.4 Å². The number of aliphatic imine (C=N–C) groups is 1. The van der Waals surface area contributed by atoms with Crippen molar-refractivity contribution in [3.63, 3.8) is 0 Å². The van der Waals surface area contributed by atoms with E-state index in [0.29, 0.717) is 6.42 Å². The van der Waals surface area contributed by atoms with Crippen LogP contribution in [-0.4, -0.2) is 159 Å². The van der Waals surface area contributed by atoms with Gasteiger partial charge in [-0.3, -0.25) is 38.6 Å². The molecule has 0 heterocycles. The van der Waals surface area contributed by atoms with Crippen LogP contribution in [0.25, 0.3) is 0 Å². The standard InChI is InChI=1S/C37H69N11O13/c1-9-18(6)26(34(58)48-27(19(7)50)33(57)42-14-24(52)46-28(20(8)51)35(59)45-23(15-49)36(60)61)47-30(54)21(11-10-12-41-37(39)40)43-31(55)22(13-16(2)3)44-32(56)25(38)29(53)17(4)5/h16-23,25-29,49-51,53H,9-15,38H2,1-8H3,(H,42,57)(H,43,55)(H,44,56)(H,45,59)(H,46,52)(H,47,54)(H,48,58)(H,60,61)(H4,39,40,41)/t18-,19-,20-,21+,22-,23-,25-,26-,27-,28-,29+/m0/s1. The summed E-state index contributed by atoms with van der Waals surface area (Å²) in [5.41, 5.74) is 16.8. The highest BCUT2D eigenvalue weighted by atomic mass is 16.4. The van der Waals surface area contributed by atoms with E-state index in [1.807, 2.05) is 5.32 Å². The number of carboxylic acids is 1. The van der Waals surface area contributed by atoms with E-state index in [9.17, 15) is 58.8 Å². The number of guanidine groups is 1. The summed E-state index contributed by atoms with van der Waals surface area (Å²) in [4.78, 5) is 108. The van der Waals surface area contributed by atoms with E-state index < -0.39 is 127 Å². The molecular weight excluding hydrogens is 806 g/mol. The van der Waals surface area contributed by atoms with Gasteiger partial charge in [0.25, 0.3) is 0 Å². The van der Waals surface area contributed by atoms with Gasteiger partial charge in [-0.2, -0.15) is 0 Å². The van der Waals surface area contributed by atoms with Crippen LogP contribution in [0.2, 0.25) is 0 Å². The number of carbonyl (C=O) groups excluding carboxylic acids is 7. The van der Waals surface area contributed by atoms with Gasteiger partial charge in [0.15, 0.2) is 5.96 Å². The number of nitrogens with zero attached hydrogens (tertiary/aromatic N) is 1. The number of aliphatic hydroxyl groups excluding tert-OH is 4. The number of aliphatic hydroxyl groups is 4. The zero-order chi connectivity index (χ0) is 47.3. The molecule has 0 bridgehead atoms. The Kier molecular flexibility index (Phi) is 25.3. The second-order valence-corrected chi connectivity index (χ2v) is 15.6. The van der Waals surface area contributed by atoms with Crippen molar-refractivity contribution < 1.29 is 63.9 Å². The minimum absolute atomic E-state index is 0.0446. The normalized spacial score (nSPS) is 16.7. The van der Waals surface area contributed by atoms with Gasteiger partial charge in [0.05, 0.1) is 31.5 Å². The Morgan fingerprint density at radius 2 is 1.13 bits per heavy atom. The monoisotopic (exact) mass is 876 g/mol. The highest BCUT2D eigenvalue weighted by Crippen LogP contribution is 2.13. The van der Waals surface area contributed by atoms with Crippen molar-refractivity contribution in [2.24, 2.45) is 39.9 Å². The van der Waals surface area contributed by atoms with E-state index in [4.69, 9.17) is 22.3 Å². The molecule has 0 aromatic rings. The highest BCUT2D eigenvalue weighted by molar-refractivity contribution is 5.97. The van der Waals surface area contributed by atoms with Gasteiger partial charge in [0.1, 0.15) is 42.3 Å². The maximum Gasteiger partial charge on any atom is 0.328 e. The fourth-order valence-corrected chi connectivity index (χ4v) is 5.54. The molecule has 18 N–H and O–H groups in total. The second-order valence-electron chi connectivity index (χ2n) is 15.6. The first-order valence-electron chi connectivity index (χ1n) is 20.1. The Hall–Kier alpha value is -5.17. The molecule has 24 heteroatoms. The molecule has 0 rings (SSSR count). The first kappa shape index (κ1) is 55.8. The SMILES string of the molecule is CC[C@H](C)[C@H](NC(=O)[C@@H](CCCN=C(N)N)NC(=O)[C@H](CC(C)C)NC(=O)[C@@H](N)[C@H](O)C(C)C)C(=O)N[C@H](C(=O)NCC(=O)N[C@H](C(=O)N[C@@H](CO)C(=O)O)[C@H](C)O)[C@H](C)O. The quantitative estimate of drug-likeness (QED) is 0.0198. The molecule has 0 fully saturated rings. The summed E-state index contributed by atoms with van der Waals surface area (Å²) in [5, 5.41) is 65.5. The maximum atomic E-state index is 13.9. The number of rotatable bonds is 28. The minimum atomic E-state index is -1.73. The summed E-state index contributed by atoms with van der Waals surface area (Å²) >= 11 is 0. The van der Waals surface area contributed by atoms with Crippen LogP contribution < -0.4 is 54.4 Å². The summed E-state index contributed by atoms with van der Waals surface area (Å²) in [6, 6.07) is -10.3. The van der Waals surface area contributed by atoms with Gasteiger partial charge in [-0.15, -0.1) is 0 Å². The van der Waals surface area contributed by atoms with E-state index in [1.54, 1.807) is 41.5 Å². The van der Waals surface area contributed by atoms with E-state index >= 15 is 0 Å². The molecule has 11 atom stereocenters. The fraction of sp³-hybridized carbons (Fsp3) is 0.757. The number of amides is 7. The maximum absolute atomic E-state index is 13.9. The number of hydrogen-bond acceptors (Lipinski definition) is 14. The van der Waals surface area contributed by atoms with E-state index in [-0.39, 0.29) is 43.6 Å². The molecule has 0 aliphatic heterocycles. The van der Waals surface area contributed by atoms with Crippen LogP contribution in [0.15, 0.2) is 4.99 Å². The number of carbonyl (C=O) groups is 8. The largest absolute Gasteiger partial charge is 0.480 e. The molecule has 24 nitrogen and oxygen atoms in total. The van der Waals surface area contributed by atoms with Crippen LogP contribution in [0.5, 0.6) is 0 Å². The number of nitrogens with one attached hydrogen (secondary N) is 7. The van der Waals surface area contributed by atoms with Crippen molar-refractivity contribution in [1.29, 1.82) is 0 Å². The van der Waals surface area contributed by atoms with E-state index in [1.165, 1.54) is 6.92 Å². The van der Waals surface area contributed by atoms with Gasteiger partial charge in [0, 0.05) is 6.54 Å².